The summed E-state index contributed by atoms with van der Waals surface area (Å²) in [6.45, 7) is 1.92. The lowest BCUT2D eigenvalue weighted by molar-refractivity contribution is -0.150. The first kappa shape index (κ1) is 15.2. The third-order valence-corrected chi connectivity index (χ3v) is 3.13. The van der Waals surface area contributed by atoms with Crippen LogP contribution in [0.25, 0.3) is 0 Å². The van der Waals surface area contributed by atoms with Crippen LogP contribution in [0.5, 0.6) is 5.75 Å². The fraction of sp³-hybridized carbons (Fsp3) is 0.467. The third-order valence-electron chi connectivity index (χ3n) is 3.13. The summed E-state index contributed by atoms with van der Waals surface area (Å²) in [7, 11) is 0. The molecule has 1 aromatic carbocycles. The minimum Gasteiger partial charge on any atom is -0.484 e. The summed E-state index contributed by atoms with van der Waals surface area (Å²) >= 11 is 0. The smallest absolute Gasteiger partial charge is 0.325 e. The number of nitrogens with two attached hydrogens (primary N) is 1. The first-order chi connectivity index (χ1) is 10.1. The van der Waals surface area contributed by atoms with Crippen LogP contribution in [0.15, 0.2) is 24.3 Å². The van der Waals surface area contributed by atoms with Gasteiger partial charge >= 0.3 is 5.97 Å². The van der Waals surface area contributed by atoms with E-state index in [-0.39, 0.29) is 31.1 Å². The van der Waals surface area contributed by atoms with Gasteiger partial charge in [-0.3, -0.25) is 9.59 Å². The highest BCUT2D eigenvalue weighted by Crippen LogP contribution is 2.27. The standard InChI is InChI=1S/C15H20N2O4/c1-2-20-15(19)9-17(12-6-7-12)14(18)10-21-13-5-3-4-11(16)8-13/h3-5,8,12H,2,6-7,9-10,16H2,1H3. The average Bonchev–Trinajstić information content (AvgIpc) is 3.27. The first-order valence-electron chi connectivity index (χ1n) is 7.03. The molecule has 0 saturated heterocycles. The van der Waals surface area contributed by atoms with Crippen LogP contribution in [-0.2, 0) is 14.3 Å². The van der Waals surface area contributed by atoms with Crippen molar-refractivity contribution < 1.29 is 19.1 Å². The Bertz CT molecular complexity index is 514. The third kappa shape index (κ3) is 4.66. The molecule has 21 heavy (non-hydrogen) atoms. The van der Waals surface area contributed by atoms with Crippen LogP contribution >= 0.6 is 0 Å². The van der Waals surface area contributed by atoms with Crippen molar-refractivity contribution in [2.24, 2.45) is 0 Å². The Morgan fingerprint density at radius 2 is 2.14 bits per heavy atom. The van der Waals surface area contributed by atoms with Gasteiger partial charge < -0.3 is 20.1 Å². The van der Waals surface area contributed by atoms with E-state index >= 15 is 0 Å². The highest BCUT2D eigenvalue weighted by molar-refractivity contribution is 5.83. The molecule has 0 aromatic heterocycles. The van der Waals surface area contributed by atoms with Crippen LogP contribution in [0.1, 0.15) is 19.8 Å². The number of rotatable bonds is 7. The number of hydrogen-bond acceptors (Lipinski definition) is 5. The van der Waals surface area contributed by atoms with Gasteiger partial charge in [-0.05, 0) is 31.9 Å². The maximum Gasteiger partial charge on any atom is 0.325 e. The van der Waals surface area contributed by atoms with Crippen molar-refractivity contribution in [1.82, 2.24) is 4.90 Å². The van der Waals surface area contributed by atoms with Gasteiger partial charge in [-0.1, -0.05) is 6.07 Å². The van der Waals surface area contributed by atoms with Crippen LogP contribution in [0, 0.1) is 0 Å². The van der Waals surface area contributed by atoms with E-state index < -0.39 is 0 Å². The number of hydrogen-bond donors (Lipinski definition) is 1. The maximum absolute atomic E-state index is 12.2. The number of anilines is 1. The molecular formula is C15H20N2O4. The molecule has 6 nitrogen and oxygen atoms in total. The molecule has 0 radical (unpaired) electrons. The molecule has 1 amide bonds. The number of benzene rings is 1. The lowest BCUT2D eigenvalue weighted by Gasteiger charge is -2.21. The number of nitrogens with zero attached hydrogens (tertiary/aromatic N) is 1. The summed E-state index contributed by atoms with van der Waals surface area (Å²) in [5, 5.41) is 0. The van der Waals surface area contributed by atoms with Crippen molar-refractivity contribution >= 4 is 17.6 Å². The summed E-state index contributed by atoms with van der Waals surface area (Å²) < 4.78 is 10.3. The molecule has 1 fully saturated rings. The molecule has 2 rings (SSSR count). The van der Waals surface area contributed by atoms with Gasteiger partial charge in [0.25, 0.3) is 5.91 Å². The van der Waals surface area contributed by atoms with Gasteiger partial charge in [-0.25, -0.2) is 0 Å². The summed E-state index contributed by atoms with van der Waals surface area (Å²) in [5.74, 6) is -0.0649. The Kier molecular flexibility index (Phi) is 5.03. The molecule has 6 heteroatoms. The zero-order valence-electron chi connectivity index (χ0n) is 12.1. The second-order valence-corrected chi connectivity index (χ2v) is 4.92. The van der Waals surface area contributed by atoms with E-state index in [1.165, 1.54) is 4.90 Å². The molecule has 0 unspecified atom stereocenters. The quantitative estimate of drug-likeness (QED) is 0.603. The lowest BCUT2D eigenvalue weighted by atomic mass is 10.3. The Balaban J connectivity index is 1.88. The van der Waals surface area contributed by atoms with E-state index in [0.717, 1.165) is 12.8 Å². The van der Waals surface area contributed by atoms with Gasteiger partial charge in [0, 0.05) is 17.8 Å². The molecule has 0 aliphatic heterocycles. The molecule has 114 valence electrons. The summed E-state index contributed by atoms with van der Waals surface area (Å²) in [4.78, 5) is 25.3. The highest BCUT2D eigenvalue weighted by Gasteiger charge is 2.34. The van der Waals surface area contributed by atoms with Crippen LogP contribution in [0.2, 0.25) is 0 Å². The summed E-state index contributed by atoms with van der Waals surface area (Å²) in [5.41, 5.74) is 6.22. The van der Waals surface area contributed by atoms with Crippen molar-refractivity contribution in [2.75, 3.05) is 25.5 Å². The molecular weight excluding hydrogens is 272 g/mol. The van der Waals surface area contributed by atoms with Crippen LogP contribution in [0.4, 0.5) is 5.69 Å². The molecule has 0 spiro atoms. The maximum atomic E-state index is 12.2. The topological polar surface area (TPSA) is 81.9 Å². The van der Waals surface area contributed by atoms with Crippen molar-refractivity contribution in [1.29, 1.82) is 0 Å². The molecule has 0 bridgehead atoms. The fourth-order valence-corrected chi connectivity index (χ4v) is 1.99. The minimum atomic E-state index is -0.387. The van der Waals surface area contributed by atoms with E-state index in [4.69, 9.17) is 15.2 Å². The van der Waals surface area contributed by atoms with E-state index in [9.17, 15) is 9.59 Å². The number of carbonyl (C=O) groups is 2. The minimum absolute atomic E-state index is 0.0162. The van der Waals surface area contributed by atoms with Crippen molar-refractivity contribution in [2.45, 2.75) is 25.8 Å². The number of nitrogen functional groups attached to an aromatic ring is 1. The molecule has 1 saturated carbocycles. The average molecular weight is 292 g/mol. The Morgan fingerprint density at radius 3 is 2.76 bits per heavy atom. The fourth-order valence-electron chi connectivity index (χ4n) is 1.99. The highest BCUT2D eigenvalue weighted by atomic mass is 16.5. The van der Waals surface area contributed by atoms with Gasteiger partial charge in [-0.15, -0.1) is 0 Å². The molecule has 0 heterocycles. The molecule has 1 aliphatic rings. The van der Waals surface area contributed by atoms with E-state index in [1.54, 1.807) is 31.2 Å². The number of ether oxygens (including phenoxy) is 2. The van der Waals surface area contributed by atoms with Gasteiger partial charge in [0.05, 0.1) is 6.61 Å². The summed E-state index contributed by atoms with van der Waals surface area (Å²) in [6, 6.07) is 7.01. The predicted molar refractivity (Wildman–Crippen MR) is 77.7 cm³/mol. The molecule has 2 N–H and O–H groups in total. The van der Waals surface area contributed by atoms with Gasteiger partial charge in [0.2, 0.25) is 0 Å². The van der Waals surface area contributed by atoms with Gasteiger partial charge in [0.1, 0.15) is 12.3 Å². The Morgan fingerprint density at radius 1 is 1.38 bits per heavy atom. The van der Waals surface area contributed by atoms with E-state index in [2.05, 4.69) is 0 Å². The summed E-state index contributed by atoms with van der Waals surface area (Å²) in [6.07, 6.45) is 1.84. The number of amides is 1. The normalized spacial score (nSPS) is 13.6. The van der Waals surface area contributed by atoms with E-state index in [1.807, 2.05) is 0 Å². The zero-order valence-corrected chi connectivity index (χ0v) is 12.1. The predicted octanol–water partition coefficient (Wildman–Crippen LogP) is 1.20. The van der Waals surface area contributed by atoms with Crippen molar-refractivity contribution in [3.63, 3.8) is 0 Å². The van der Waals surface area contributed by atoms with E-state index in [0.29, 0.717) is 18.0 Å². The number of carbonyl (C=O) groups excluding carboxylic acids is 2. The van der Waals surface area contributed by atoms with Gasteiger partial charge in [0.15, 0.2) is 6.61 Å². The van der Waals surface area contributed by atoms with Crippen molar-refractivity contribution in [3.05, 3.63) is 24.3 Å². The van der Waals surface area contributed by atoms with Crippen LogP contribution in [0.3, 0.4) is 0 Å². The van der Waals surface area contributed by atoms with Crippen LogP contribution < -0.4 is 10.5 Å². The van der Waals surface area contributed by atoms with Gasteiger partial charge in [-0.2, -0.15) is 0 Å². The molecule has 1 aromatic rings. The van der Waals surface area contributed by atoms with Crippen molar-refractivity contribution in [3.8, 4) is 5.75 Å². The molecule has 1 aliphatic carbocycles. The largest absolute Gasteiger partial charge is 0.484 e. The number of esters is 1. The second-order valence-electron chi connectivity index (χ2n) is 4.92. The Labute approximate surface area is 123 Å². The first-order valence-corrected chi connectivity index (χ1v) is 7.03. The van der Waals surface area contributed by atoms with Crippen LogP contribution in [-0.4, -0.2) is 42.6 Å². The second kappa shape index (κ2) is 6.97. The lowest BCUT2D eigenvalue weighted by Crippen LogP contribution is -2.40. The SMILES string of the molecule is CCOC(=O)CN(C(=O)COc1cccc(N)c1)C1CC1. The zero-order chi connectivity index (χ0) is 15.2. The Hall–Kier alpha value is -2.24. The molecule has 0 atom stereocenters. The monoisotopic (exact) mass is 292 g/mol.